The molecule has 0 bridgehead atoms. The SMILES string of the molecule is CCCCCCCCCCCCCCCCCCC(=O)OC[C@H](COP(=O)(O)OC[C@@H](O)COP(=O)(O)OC[C@@H](COC(=O)CCCCCCC)OC(=O)CCCCCCCCCCCCC(C)CC)OC(=O)CCCCCCCCCCCCCCCCC(C)CC. The van der Waals surface area contributed by atoms with E-state index in [-0.39, 0.29) is 25.7 Å². The van der Waals surface area contributed by atoms with Crippen molar-refractivity contribution in [2.24, 2.45) is 11.8 Å². The molecule has 0 aliphatic carbocycles. The normalized spacial score (nSPS) is 14.6. The van der Waals surface area contributed by atoms with Gasteiger partial charge in [0.05, 0.1) is 26.4 Å². The number of hydrogen-bond donors (Lipinski definition) is 3. The molecule has 0 aromatic heterocycles. The first-order valence-corrected chi connectivity index (χ1v) is 41.6. The molecule has 0 heterocycles. The topological polar surface area (TPSA) is 237 Å². The van der Waals surface area contributed by atoms with Gasteiger partial charge in [-0.15, -0.1) is 0 Å². The number of rotatable bonds is 73. The maximum absolute atomic E-state index is 13.1. The summed E-state index contributed by atoms with van der Waals surface area (Å²) in [7, 11) is -9.90. The Bertz CT molecular complexity index is 1810. The number of ether oxygens (including phenoxy) is 4. The lowest BCUT2D eigenvalue weighted by atomic mass is 9.99. The van der Waals surface area contributed by atoms with Crippen LogP contribution in [0.2, 0.25) is 0 Å². The Kier molecular flexibility index (Phi) is 64.6. The number of phosphoric ester groups is 2. The summed E-state index contributed by atoms with van der Waals surface area (Å²) in [6, 6.07) is 0. The molecule has 17 nitrogen and oxygen atoms in total. The van der Waals surface area contributed by atoms with Crippen molar-refractivity contribution in [3.63, 3.8) is 0 Å². The zero-order valence-corrected chi connectivity index (χ0v) is 62.3. The molecule has 0 radical (unpaired) electrons. The van der Waals surface area contributed by atoms with Crippen LogP contribution in [0.5, 0.6) is 0 Å². The molecule has 0 saturated heterocycles. The second-order valence-electron chi connectivity index (χ2n) is 27.2. The van der Waals surface area contributed by atoms with E-state index < -0.39 is 97.5 Å². The summed E-state index contributed by atoms with van der Waals surface area (Å²) in [5.74, 6) is -0.479. The number of unbranched alkanes of at least 4 members (excludes halogenated alkanes) is 41. The second-order valence-corrected chi connectivity index (χ2v) is 30.1. The van der Waals surface area contributed by atoms with Gasteiger partial charge in [0.1, 0.15) is 19.3 Å². The lowest BCUT2D eigenvalue weighted by molar-refractivity contribution is -0.161. The fourth-order valence-electron chi connectivity index (χ4n) is 11.2. The molecule has 552 valence electrons. The Hall–Kier alpha value is -1.94. The van der Waals surface area contributed by atoms with Gasteiger partial charge >= 0.3 is 39.5 Å². The van der Waals surface area contributed by atoms with Gasteiger partial charge in [0.15, 0.2) is 12.2 Å². The predicted molar refractivity (Wildman–Crippen MR) is 377 cm³/mol. The van der Waals surface area contributed by atoms with Crippen LogP contribution in [0.1, 0.15) is 382 Å². The van der Waals surface area contributed by atoms with Crippen LogP contribution in [0.3, 0.4) is 0 Å². The molecule has 0 amide bonds. The monoisotopic (exact) mass is 1370 g/mol. The van der Waals surface area contributed by atoms with Crippen LogP contribution in [-0.4, -0.2) is 96.7 Å². The van der Waals surface area contributed by atoms with Crippen LogP contribution in [0.25, 0.3) is 0 Å². The number of hydrogen-bond acceptors (Lipinski definition) is 15. The number of phosphoric acid groups is 2. The Balaban J connectivity index is 5.16. The van der Waals surface area contributed by atoms with Crippen LogP contribution in [0.15, 0.2) is 0 Å². The van der Waals surface area contributed by atoms with E-state index in [9.17, 15) is 43.2 Å². The largest absolute Gasteiger partial charge is 0.472 e. The number of carbonyl (C=O) groups excluding carboxylic acids is 4. The molecule has 0 aliphatic rings. The van der Waals surface area contributed by atoms with Gasteiger partial charge in [0.2, 0.25) is 0 Å². The summed E-state index contributed by atoms with van der Waals surface area (Å²) in [4.78, 5) is 72.5. The van der Waals surface area contributed by atoms with E-state index in [2.05, 4.69) is 41.5 Å². The highest BCUT2D eigenvalue weighted by Crippen LogP contribution is 2.45. The van der Waals surface area contributed by atoms with Gasteiger partial charge in [-0.05, 0) is 37.5 Å². The summed E-state index contributed by atoms with van der Waals surface area (Å²) in [6.45, 7) is 9.57. The third-order valence-corrected chi connectivity index (χ3v) is 19.8. The van der Waals surface area contributed by atoms with Crippen LogP contribution >= 0.6 is 15.6 Å². The minimum Gasteiger partial charge on any atom is -0.462 e. The fraction of sp³-hybridized carbons (Fsp3) is 0.946. The molecule has 93 heavy (non-hydrogen) atoms. The first kappa shape index (κ1) is 91.1. The smallest absolute Gasteiger partial charge is 0.462 e. The van der Waals surface area contributed by atoms with Gasteiger partial charge in [0.25, 0.3) is 0 Å². The summed E-state index contributed by atoms with van der Waals surface area (Å²) < 4.78 is 68.3. The summed E-state index contributed by atoms with van der Waals surface area (Å²) >= 11 is 0. The molecule has 0 spiro atoms. The summed E-state index contributed by atoms with van der Waals surface area (Å²) in [5.41, 5.74) is 0. The maximum atomic E-state index is 13.1. The molecular formula is C74H144O17P2. The van der Waals surface area contributed by atoms with Gasteiger partial charge in [-0.1, -0.05) is 330 Å². The molecular weight excluding hydrogens is 1220 g/mol. The highest BCUT2D eigenvalue weighted by Gasteiger charge is 2.30. The van der Waals surface area contributed by atoms with Crippen LogP contribution in [-0.2, 0) is 65.4 Å². The van der Waals surface area contributed by atoms with Crippen molar-refractivity contribution in [2.75, 3.05) is 39.6 Å². The Morgan fingerprint density at radius 3 is 0.763 bits per heavy atom. The van der Waals surface area contributed by atoms with Gasteiger partial charge < -0.3 is 33.8 Å². The maximum Gasteiger partial charge on any atom is 0.472 e. The van der Waals surface area contributed by atoms with Gasteiger partial charge in [-0.2, -0.15) is 0 Å². The van der Waals surface area contributed by atoms with Gasteiger partial charge in [-0.25, -0.2) is 9.13 Å². The van der Waals surface area contributed by atoms with Crippen LogP contribution < -0.4 is 0 Å². The Morgan fingerprint density at radius 1 is 0.301 bits per heavy atom. The second kappa shape index (κ2) is 66.0. The lowest BCUT2D eigenvalue weighted by Crippen LogP contribution is -2.30. The number of esters is 4. The average Bonchev–Trinajstić information content (AvgIpc) is 2.74. The van der Waals surface area contributed by atoms with Crippen molar-refractivity contribution < 1.29 is 80.2 Å². The Morgan fingerprint density at radius 2 is 0.516 bits per heavy atom. The van der Waals surface area contributed by atoms with E-state index in [0.29, 0.717) is 25.7 Å². The standard InChI is InChI=1S/C74H144O17P2/c1-7-11-13-15-16-17-18-19-20-21-25-28-34-39-45-51-57-72(77)85-63-70(91-74(79)58-52-46-40-35-29-26-23-22-24-27-32-37-43-48-54-66(5)9-3)65-89-93(82,83)87-61-68(75)60-86-92(80,81)88-64-69(62-84-71(76)56-50-42-14-12-8-2)90-73(78)59-53-47-41-36-31-30-33-38-44-49-55-67(6)10-4/h66-70,75H,7-65H2,1-6H3,(H,80,81)(H,82,83)/t66?,67?,68-,69+,70+/m0/s1. The minimum absolute atomic E-state index is 0.105. The average molecular weight is 1370 g/mol. The van der Waals surface area contributed by atoms with E-state index >= 15 is 0 Å². The molecule has 3 N–H and O–H groups in total. The predicted octanol–water partition coefficient (Wildman–Crippen LogP) is 21.6. The third kappa shape index (κ3) is 65.8. The highest BCUT2D eigenvalue weighted by molar-refractivity contribution is 7.47. The molecule has 0 aromatic carbocycles. The molecule has 19 heteroatoms. The molecule has 0 rings (SSSR count). The fourth-order valence-corrected chi connectivity index (χ4v) is 12.8. The van der Waals surface area contributed by atoms with Crippen molar-refractivity contribution in [1.82, 2.24) is 0 Å². The van der Waals surface area contributed by atoms with E-state index in [1.54, 1.807) is 0 Å². The number of carbonyl (C=O) groups is 4. The third-order valence-electron chi connectivity index (χ3n) is 17.9. The van der Waals surface area contributed by atoms with Crippen molar-refractivity contribution in [3.8, 4) is 0 Å². The zero-order valence-electron chi connectivity index (χ0n) is 60.6. The Labute approximate surface area is 568 Å². The molecule has 0 aromatic rings. The van der Waals surface area contributed by atoms with Gasteiger partial charge in [0, 0.05) is 25.7 Å². The molecule has 4 unspecified atom stereocenters. The van der Waals surface area contributed by atoms with E-state index in [1.165, 1.54) is 193 Å². The molecule has 0 fully saturated rings. The van der Waals surface area contributed by atoms with Crippen LogP contribution in [0, 0.1) is 11.8 Å². The quantitative estimate of drug-likeness (QED) is 0.0222. The van der Waals surface area contributed by atoms with E-state index in [1.807, 2.05) is 0 Å². The van der Waals surface area contributed by atoms with Crippen LogP contribution in [0.4, 0.5) is 0 Å². The zero-order chi connectivity index (χ0) is 68.6. The van der Waals surface area contributed by atoms with Crippen molar-refractivity contribution in [1.29, 1.82) is 0 Å². The number of aliphatic hydroxyl groups excluding tert-OH is 1. The minimum atomic E-state index is -4.95. The number of aliphatic hydroxyl groups is 1. The van der Waals surface area contributed by atoms with E-state index in [0.717, 1.165) is 108 Å². The molecule has 0 saturated carbocycles. The van der Waals surface area contributed by atoms with Crippen molar-refractivity contribution >= 4 is 39.5 Å². The first-order chi connectivity index (χ1) is 44.9. The highest BCUT2D eigenvalue weighted by atomic mass is 31.2. The van der Waals surface area contributed by atoms with Gasteiger partial charge in [-0.3, -0.25) is 37.3 Å². The summed E-state index contributed by atoms with van der Waals surface area (Å²) in [6.07, 6.45) is 52.9. The molecule has 7 atom stereocenters. The lowest BCUT2D eigenvalue weighted by Gasteiger charge is -2.21. The van der Waals surface area contributed by atoms with E-state index in [4.69, 9.17) is 37.0 Å². The first-order valence-electron chi connectivity index (χ1n) is 38.6. The van der Waals surface area contributed by atoms with Crippen molar-refractivity contribution in [2.45, 2.75) is 400 Å². The molecule has 0 aliphatic heterocycles. The summed E-state index contributed by atoms with van der Waals surface area (Å²) in [5, 5.41) is 10.6. The van der Waals surface area contributed by atoms with Crippen molar-refractivity contribution in [3.05, 3.63) is 0 Å².